The van der Waals surface area contributed by atoms with Crippen molar-refractivity contribution in [3.8, 4) is 0 Å². The minimum absolute atomic E-state index is 0. The van der Waals surface area contributed by atoms with Crippen LogP contribution < -0.4 is 10.6 Å². The molecule has 6 nitrogen and oxygen atoms in total. The topological polar surface area (TPSA) is 66.6 Å². The van der Waals surface area contributed by atoms with Gasteiger partial charge in [-0.1, -0.05) is 6.07 Å². The second-order valence-corrected chi connectivity index (χ2v) is 6.26. The number of nitrogens with one attached hydrogen (secondary N) is 2. The van der Waals surface area contributed by atoms with E-state index in [0.717, 1.165) is 43.4 Å². The van der Waals surface area contributed by atoms with E-state index in [1.54, 1.807) is 0 Å². The number of thioether (sulfide) groups is 1. The molecule has 2 N–H and O–H groups in total. The molecule has 0 aromatic carbocycles. The van der Waals surface area contributed by atoms with E-state index < -0.39 is 0 Å². The van der Waals surface area contributed by atoms with E-state index in [0.29, 0.717) is 0 Å². The second-order valence-electron chi connectivity index (χ2n) is 5.27. The van der Waals surface area contributed by atoms with Crippen LogP contribution in [0.15, 0.2) is 29.4 Å². The summed E-state index contributed by atoms with van der Waals surface area (Å²) in [5, 5.41) is 15.1. The maximum atomic E-state index is 4.25. The maximum absolute atomic E-state index is 4.25. The van der Waals surface area contributed by atoms with E-state index in [1.807, 2.05) is 47.6 Å². The summed E-state index contributed by atoms with van der Waals surface area (Å²) in [4.78, 5) is 4.25. The van der Waals surface area contributed by atoms with Gasteiger partial charge in [0, 0.05) is 32.8 Å². The van der Waals surface area contributed by atoms with Crippen LogP contribution in [-0.4, -0.2) is 52.7 Å². The lowest BCUT2D eigenvalue weighted by molar-refractivity contribution is 0.699. The Labute approximate surface area is 165 Å². The Morgan fingerprint density at radius 3 is 2.71 bits per heavy atom. The zero-order chi connectivity index (χ0) is 16.3. The zero-order valence-corrected chi connectivity index (χ0v) is 17.5. The zero-order valence-electron chi connectivity index (χ0n) is 14.4. The molecule has 0 amide bonds. The number of aliphatic imine (C=N–C) groups is 1. The minimum Gasteiger partial charge on any atom is -0.356 e. The molecule has 0 bridgehead atoms. The largest absolute Gasteiger partial charge is 0.356 e. The van der Waals surface area contributed by atoms with Crippen molar-refractivity contribution in [2.24, 2.45) is 4.99 Å². The highest BCUT2D eigenvalue weighted by atomic mass is 127. The molecule has 24 heavy (non-hydrogen) atoms. The van der Waals surface area contributed by atoms with Gasteiger partial charge in [0.05, 0.1) is 0 Å². The summed E-state index contributed by atoms with van der Waals surface area (Å²) in [5.74, 6) is 3.10. The normalized spacial score (nSPS) is 11.3. The number of hydrogen-bond donors (Lipinski definition) is 2. The van der Waals surface area contributed by atoms with E-state index in [9.17, 15) is 0 Å². The van der Waals surface area contributed by atoms with Gasteiger partial charge in [-0.15, -0.1) is 34.2 Å². The van der Waals surface area contributed by atoms with Gasteiger partial charge in [-0.05, 0) is 43.4 Å². The van der Waals surface area contributed by atoms with Gasteiger partial charge in [0.15, 0.2) is 11.6 Å². The number of halogens is 1. The van der Waals surface area contributed by atoms with Gasteiger partial charge in [0.1, 0.15) is 5.82 Å². The molecule has 0 atom stereocenters. The molecule has 0 radical (unpaired) electrons. The molecule has 0 spiro atoms. The van der Waals surface area contributed by atoms with Crippen molar-refractivity contribution in [1.82, 2.24) is 25.2 Å². The Morgan fingerprint density at radius 1 is 1.17 bits per heavy atom. The Hall–Kier alpha value is -1.03. The Morgan fingerprint density at radius 2 is 1.96 bits per heavy atom. The van der Waals surface area contributed by atoms with Crippen LogP contribution in [0.4, 0.5) is 0 Å². The Kier molecular flexibility index (Phi) is 10.8. The van der Waals surface area contributed by atoms with Crippen molar-refractivity contribution >= 4 is 47.3 Å². The van der Waals surface area contributed by atoms with Crippen LogP contribution in [0, 0.1) is 0 Å². The first kappa shape index (κ1) is 21.0. The van der Waals surface area contributed by atoms with Gasteiger partial charge in [-0.3, -0.25) is 9.39 Å². The molecule has 0 aliphatic rings. The fourth-order valence-corrected chi connectivity index (χ4v) is 2.81. The molecular weight excluding hydrogens is 435 g/mol. The van der Waals surface area contributed by atoms with E-state index >= 15 is 0 Å². The average Bonchev–Trinajstić information content (AvgIpc) is 3.00. The molecule has 2 rings (SSSR count). The fraction of sp³-hybridized carbons (Fsp3) is 0.562. The third kappa shape index (κ3) is 6.84. The molecule has 2 heterocycles. The molecular formula is C16H27IN6S. The van der Waals surface area contributed by atoms with Crippen LogP contribution in [0.1, 0.15) is 25.1 Å². The predicted octanol–water partition coefficient (Wildman–Crippen LogP) is 2.59. The highest BCUT2D eigenvalue weighted by Crippen LogP contribution is 2.04. The molecule has 0 aliphatic carbocycles. The van der Waals surface area contributed by atoms with Crippen LogP contribution in [0.5, 0.6) is 0 Å². The summed E-state index contributed by atoms with van der Waals surface area (Å²) in [7, 11) is 1.81. The standard InChI is InChI=1S/C16H26N6S.HI/c1-17-16(18-10-4-6-13-23-2)19-11-7-9-15-21-20-14-8-3-5-12-22(14)15;/h3,5,8,12H,4,6-7,9-11,13H2,1-2H3,(H2,17,18,19);1H. The fourth-order valence-electron chi connectivity index (χ4n) is 2.31. The first-order valence-electron chi connectivity index (χ1n) is 8.07. The molecule has 134 valence electrons. The summed E-state index contributed by atoms with van der Waals surface area (Å²) in [6.45, 7) is 1.83. The predicted molar refractivity (Wildman–Crippen MR) is 114 cm³/mol. The number of pyridine rings is 1. The number of guanidine groups is 1. The first-order valence-corrected chi connectivity index (χ1v) is 9.46. The summed E-state index contributed by atoms with van der Waals surface area (Å²) < 4.78 is 2.04. The van der Waals surface area contributed by atoms with Crippen molar-refractivity contribution in [3.63, 3.8) is 0 Å². The van der Waals surface area contributed by atoms with Gasteiger partial charge in [-0.2, -0.15) is 11.8 Å². The van der Waals surface area contributed by atoms with Crippen molar-refractivity contribution in [2.45, 2.75) is 25.7 Å². The molecule has 8 heteroatoms. The lowest BCUT2D eigenvalue weighted by Gasteiger charge is -2.11. The highest BCUT2D eigenvalue weighted by molar-refractivity contribution is 14.0. The Bertz CT molecular complexity index is 615. The van der Waals surface area contributed by atoms with Crippen LogP contribution >= 0.6 is 35.7 Å². The van der Waals surface area contributed by atoms with Gasteiger partial charge in [0.25, 0.3) is 0 Å². The molecule has 0 fully saturated rings. The minimum atomic E-state index is 0. The van der Waals surface area contributed by atoms with E-state index in [2.05, 4.69) is 32.1 Å². The maximum Gasteiger partial charge on any atom is 0.190 e. The summed E-state index contributed by atoms with van der Waals surface area (Å²) in [6.07, 6.45) is 8.45. The number of nitrogens with zero attached hydrogens (tertiary/aromatic N) is 4. The third-order valence-corrected chi connectivity index (χ3v) is 4.24. The van der Waals surface area contributed by atoms with Gasteiger partial charge >= 0.3 is 0 Å². The second kappa shape index (κ2) is 12.3. The van der Waals surface area contributed by atoms with Crippen LogP contribution in [0.3, 0.4) is 0 Å². The lowest BCUT2D eigenvalue weighted by atomic mass is 10.3. The number of hydrogen-bond acceptors (Lipinski definition) is 4. The smallest absolute Gasteiger partial charge is 0.190 e. The van der Waals surface area contributed by atoms with Crippen molar-refractivity contribution in [1.29, 1.82) is 0 Å². The van der Waals surface area contributed by atoms with E-state index in [4.69, 9.17) is 0 Å². The Balaban J connectivity index is 0.00000288. The number of unbranched alkanes of at least 4 members (excludes halogenated alkanes) is 1. The molecule has 0 saturated heterocycles. The highest BCUT2D eigenvalue weighted by Gasteiger charge is 2.04. The number of rotatable bonds is 9. The van der Waals surface area contributed by atoms with Crippen molar-refractivity contribution < 1.29 is 0 Å². The average molecular weight is 462 g/mol. The van der Waals surface area contributed by atoms with Gasteiger partial charge in [-0.25, -0.2) is 0 Å². The van der Waals surface area contributed by atoms with Crippen molar-refractivity contribution in [3.05, 3.63) is 30.2 Å². The number of aryl methyl sites for hydroxylation is 1. The van der Waals surface area contributed by atoms with E-state index in [1.165, 1.54) is 18.6 Å². The van der Waals surface area contributed by atoms with Gasteiger partial charge in [0.2, 0.25) is 0 Å². The quantitative estimate of drug-likeness (QED) is 0.260. The van der Waals surface area contributed by atoms with Gasteiger partial charge < -0.3 is 10.6 Å². The molecule has 0 aliphatic heterocycles. The number of aromatic nitrogens is 3. The van der Waals surface area contributed by atoms with Crippen LogP contribution in [0.2, 0.25) is 0 Å². The van der Waals surface area contributed by atoms with Crippen LogP contribution in [0.25, 0.3) is 5.65 Å². The summed E-state index contributed by atoms with van der Waals surface area (Å²) >= 11 is 1.90. The summed E-state index contributed by atoms with van der Waals surface area (Å²) in [6, 6.07) is 5.95. The van der Waals surface area contributed by atoms with E-state index in [-0.39, 0.29) is 24.0 Å². The van der Waals surface area contributed by atoms with Crippen molar-refractivity contribution in [2.75, 3.05) is 32.1 Å². The SMILES string of the molecule is CN=C(NCCCCSC)NCCCc1nnc2ccccn12.I. The molecule has 0 saturated carbocycles. The first-order chi connectivity index (χ1) is 11.3. The lowest BCUT2D eigenvalue weighted by Crippen LogP contribution is -2.38. The summed E-state index contributed by atoms with van der Waals surface area (Å²) in [5.41, 5.74) is 0.901. The molecule has 2 aromatic rings. The third-order valence-electron chi connectivity index (χ3n) is 3.55. The monoisotopic (exact) mass is 462 g/mol. The molecule has 2 aromatic heterocycles. The number of fused-ring (bicyclic) bond motifs is 1. The van der Waals surface area contributed by atoms with Crippen LogP contribution in [-0.2, 0) is 6.42 Å². The molecule has 0 unspecified atom stereocenters.